The highest BCUT2D eigenvalue weighted by Gasteiger charge is 2.11. The van der Waals surface area contributed by atoms with Gasteiger partial charge < -0.3 is 14.6 Å². The molecule has 1 aromatic heterocycles. The van der Waals surface area contributed by atoms with Crippen molar-refractivity contribution in [2.75, 3.05) is 13.2 Å². The lowest BCUT2D eigenvalue weighted by molar-refractivity contribution is 0.0954. The highest BCUT2D eigenvalue weighted by molar-refractivity contribution is 5.94. The van der Waals surface area contributed by atoms with Gasteiger partial charge in [0.15, 0.2) is 0 Å². The molecule has 0 aliphatic carbocycles. The first-order valence-corrected chi connectivity index (χ1v) is 11.1. The predicted octanol–water partition coefficient (Wildman–Crippen LogP) is 5.09. The summed E-state index contributed by atoms with van der Waals surface area (Å²) >= 11 is 0. The van der Waals surface area contributed by atoms with Crippen LogP contribution in [0.25, 0.3) is 11.0 Å². The van der Waals surface area contributed by atoms with Gasteiger partial charge in [-0.25, -0.2) is 4.98 Å². The van der Waals surface area contributed by atoms with Gasteiger partial charge in [-0.15, -0.1) is 0 Å². The Morgan fingerprint density at radius 2 is 1.75 bits per heavy atom. The molecule has 0 fully saturated rings. The summed E-state index contributed by atoms with van der Waals surface area (Å²) in [6, 6.07) is 23.7. The van der Waals surface area contributed by atoms with E-state index in [0.717, 1.165) is 35.6 Å². The normalized spacial score (nSPS) is 10.9. The van der Waals surface area contributed by atoms with E-state index in [1.54, 1.807) is 0 Å². The van der Waals surface area contributed by atoms with Crippen molar-refractivity contribution in [1.82, 2.24) is 14.9 Å². The van der Waals surface area contributed by atoms with E-state index in [-0.39, 0.29) is 5.91 Å². The van der Waals surface area contributed by atoms with E-state index in [4.69, 9.17) is 9.72 Å². The first kappa shape index (κ1) is 21.6. The summed E-state index contributed by atoms with van der Waals surface area (Å²) in [7, 11) is 0. The topological polar surface area (TPSA) is 56.1 Å². The first-order valence-electron chi connectivity index (χ1n) is 11.1. The van der Waals surface area contributed by atoms with Crippen LogP contribution in [-0.4, -0.2) is 28.6 Å². The van der Waals surface area contributed by atoms with Crippen LogP contribution in [0.3, 0.4) is 0 Å². The zero-order chi connectivity index (χ0) is 22.3. The lowest BCUT2D eigenvalue weighted by Crippen LogP contribution is -2.26. The summed E-state index contributed by atoms with van der Waals surface area (Å²) in [6.45, 7) is 6.19. The summed E-state index contributed by atoms with van der Waals surface area (Å²) in [6.07, 6.45) is 1.54. The Bertz CT molecular complexity index is 1200. The SMILES string of the molecule is Cc1ccc(OCCCn2c(CCNC(=O)c3ccccc3)nc3ccccc32)cc1C. The second-order valence-electron chi connectivity index (χ2n) is 7.99. The van der Waals surface area contributed by atoms with Crippen molar-refractivity contribution in [3.05, 3.63) is 95.3 Å². The lowest BCUT2D eigenvalue weighted by atomic mass is 10.1. The number of fused-ring (bicyclic) bond motifs is 1. The second kappa shape index (κ2) is 10.1. The Kier molecular flexibility index (Phi) is 6.85. The summed E-state index contributed by atoms with van der Waals surface area (Å²) in [5.74, 6) is 1.83. The molecule has 4 aromatic rings. The van der Waals surface area contributed by atoms with Crippen molar-refractivity contribution in [2.45, 2.75) is 33.2 Å². The third kappa shape index (κ3) is 5.17. The number of benzene rings is 3. The number of hydrogen-bond donors (Lipinski definition) is 1. The molecule has 0 aliphatic heterocycles. The number of aryl methyl sites for hydroxylation is 3. The Morgan fingerprint density at radius 1 is 0.969 bits per heavy atom. The molecule has 1 amide bonds. The van der Waals surface area contributed by atoms with E-state index < -0.39 is 0 Å². The highest BCUT2D eigenvalue weighted by atomic mass is 16.5. The number of rotatable bonds is 9. The number of aromatic nitrogens is 2. The maximum Gasteiger partial charge on any atom is 0.251 e. The molecule has 4 rings (SSSR count). The summed E-state index contributed by atoms with van der Waals surface area (Å²) in [4.78, 5) is 17.1. The third-order valence-corrected chi connectivity index (χ3v) is 5.68. The number of nitrogens with zero attached hydrogens (tertiary/aromatic N) is 2. The average molecular weight is 428 g/mol. The fourth-order valence-corrected chi connectivity index (χ4v) is 3.76. The van der Waals surface area contributed by atoms with Crippen molar-refractivity contribution in [2.24, 2.45) is 0 Å². The van der Waals surface area contributed by atoms with Crippen LogP contribution in [0.15, 0.2) is 72.8 Å². The molecular formula is C27H29N3O2. The molecule has 0 aliphatic rings. The smallest absolute Gasteiger partial charge is 0.251 e. The molecule has 0 saturated heterocycles. The van der Waals surface area contributed by atoms with Crippen molar-refractivity contribution in [3.8, 4) is 5.75 Å². The summed E-state index contributed by atoms with van der Waals surface area (Å²) in [5, 5.41) is 3.00. The van der Waals surface area contributed by atoms with Gasteiger partial charge in [-0.3, -0.25) is 4.79 Å². The number of carbonyl (C=O) groups excluding carboxylic acids is 1. The molecule has 3 aromatic carbocycles. The van der Waals surface area contributed by atoms with Crippen molar-refractivity contribution < 1.29 is 9.53 Å². The van der Waals surface area contributed by atoms with Crippen molar-refractivity contribution in [1.29, 1.82) is 0 Å². The Hall–Kier alpha value is -3.60. The Morgan fingerprint density at radius 3 is 2.56 bits per heavy atom. The summed E-state index contributed by atoms with van der Waals surface area (Å²) < 4.78 is 8.21. The molecule has 164 valence electrons. The van der Waals surface area contributed by atoms with Gasteiger partial charge in [0.05, 0.1) is 17.6 Å². The molecule has 0 unspecified atom stereocenters. The maximum atomic E-state index is 12.3. The van der Waals surface area contributed by atoms with E-state index in [0.29, 0.717) is 25.1 Å². The van der Waals surface area contributed by atoms with Crippen molar-refractivity contribution >= 4 is 16.9 Å². The van der Waals surface area contributed by atoms with Crippen LogP contribution >= 0.6 is 0 Å². The van der Waals surface area contributed by atoms with Crippen LogP contribution in [-0.2, 0) is 13.0 Å². The zero-order valence-electron chi connectivity index (χ0n) is 18.7. The van der Waals surface area contributed by atoms with Gasteiger partial charge in [0.1, 0.15) is 11.6 Å². The fourth-order valence-electron chi connectivity index (χ4n) is 3.76. The van der Waals surface area contributed by atoms with Gasteiger partial charge >= 0.3 is 0 Å². The number of carbonyl (C=O) groups is 1. The molecule has 5 nitrogen and oxygen atoms in total. The fraction of sp³-hybridized carbons (Fsp3) is 0.259. The predicted molar refractivity (Wildman–Crippen MR) is 128 cm³/mol. The summed E-state index contributed by atoms with van der Waals surface area (Å²) in [5.41, 5.74) is 5.27. The number of nitrogens with one attached hydrogen (secondary N) is 1. The quantitative estimate of drug-likeness (QED) is 0.378. The minimum absolute atomic E-state index is 0.0601. The van der Waals surface area contributed by atoms with Gasteiger partial charge in [0, 0.05) is 25.1 Å². The molecule has 0 atom stereocenters. The minimum Gasteiger partial charge on any atom is -0.494 e. The standard InChI is InChI=1S/C27H29N3O2/c1-20-13-14-23(19-21(20)2)32-18-8-17-30-25-12-7-6-11-24(25)29-26(30)15-16-28-27(31)22-9-4-3-5-10-22/h3-7,9-14,19H,8,15-18H2,1-2H3,(H,28,31). The van der Waals surface area contributed by atoms with Gasteiger partial charge in [-0.1, -0.05) is 36.4 Å². The Labute approximate surface area is 189 Å². The molecule has 1 N–H and O–H groups in total. The molecule has 0 radical (unpaired) electrons. The molecule has 1 heterocycles. The second-order valence-corrected chi connectivity index (χ2v) is 7.99. The number of amides is 1. The Balaban J connectivity index is 1.37. The van der Waals surface area contributed by atoms with Crippen LogP contribution < -0.4 is 10.1 Å². The molecule has 0 bridgehead atoms. The molecule has 5 heteroatoms. The largest absolute Gasteiger partial charge is 0.494 e. The average Bonchev–Trinajstić information content (AvgIpc) is 3.17. The number of ether oxygens (including phenoxy) is 1. The van der Waals surface area contributed by atoms with Gasteiger partial charge in [-0.05, 0) is 67.8 Å². The van der Waals surface area contributed by atoms with Crippen LogP contribution in [0, 0.1) is 13.8 Å². The van der Waals surface area contributed by atoms with Gasteiger partial charge in [0.2, 0.25) is 0 Å². The molecular weight excluding hydrogens is 398 g/mol. The van der Waals surface area contributed by atoms with Crippen LogP contribution in [0.1, 0.15) is 33.7 Å². The number of para-hydroxylation sites is 2. The van der Waals surface area contributed by atoms with Crippen molar-refractivity contribution in [3.63, 3.8) is 0 Å². The maximum absolute atomic E-state index is 12.3. The van der Waals surface area contributed by atoms with E-state index in [2.05, 4.69) is 41.9 Å². The highest BCUT2D eigenvalue weighted by Crippen LogP contribution is 2.19. The third-order valence-electron chi connectivity index (χ3n) is 5.68. The van der Waals surface area contributed by atoms with Crippen LogP contribution in [0.5, 0.6) is 5.75 Å². The monoisotopic (exact) mass is 427 g/mol. The van der Waals surface area contributed by atoms with E-state index in [1.165, 1.54) is 11.1 Å². The number of imidazole rings is 1. The number of hydrogen-bond acceptors (Lipinski definition) is 3. The molecule has 32 heavy (non-hydrogen) atoms. The molecule has 0 saturated carbocycles. The zero-order valence-corrected chi connectivity index (χ0v) is 18.7. The molecule has 0 spiro atoms. The first-order chi connectivity index (χ1) is 15.6. The van der Waals surface area contributed by atoms with E-state index >= 15 is 0 Å². The van der Waals surface area contributed by atoms with Crippen LogP contribution in [0.4, 0.5) is 0 Å². The van der Waals surface area contributed by atoms with E-state index in [9.17, 15) is 4.79 Å². The lowest BCUT2D eigenvalue weighted by Gasteiger charge is -2.12. The van der Waals surface area contributed by atoms with E-state index in [1.807, 2.05) is 54.6 Å². The van der Waals surface area contributed by atoms with Gasteiger partial charge in [-0.2, -0.15) is 0 Å². The van der Waals surface area contributed by atoms with Crippen LogP contribution in [0.2, 0.25) is 0 Å². The minimum atomic E-state index is -0.0601. The van der Waals surface area contributed by atoms with Gasteiger partial charge in [0.25, 0.3) is 5.91 Å².